The number of hydrogen-bond donors (Lipinski definition) is 0. The summed E-state index contributed by atoms with van der Waals surface area (Å²) in [5, 5.41) is 0.470. The maximum Gasteiger partial charge on any atom is 0.289 e. The number of pyridine rings is 1. The molecule has 2 aliphatic rings. The van der Waals surface area contributed by atoms with Crippen molar-refractivity contribution < 1.29 is 9.21 Å². The van der Waals surface area contributed by atoms with Gasteiger partial charge in [-0.1, -0.05) is 18.2 Å². The molecule has 2 aromatic heterocycles. The predicted octanol–water partition coefficient (Wildman–Crippen LogP) is 2.21. The van der Waals surface area contributed by atoms with Gasteiger partial charge in [0, 0.05) is 43.4 Å². The first-order valence-corrected chi connectivity index (χ1v) is 9.12. The molecule has 1 amide bonds. The van der Waals surface area contributed by atoms with Crippen LogP contribution in [0.5, 0.6) is 0 Å². The number of carbonyl (C=O) groups excluding carboxylic acids is 1. The van der Waals surface area contributed by atoms with Gasteiger partial charge in [0.05, 0.1) is 5.39 Å². The molecule has 6 nitrogen and oxygen atoms in total. The SMILES string of the molecule is O=C(c1cc(=O)c2ccccc2o1)N1C[C@@H]2C[C@H](C1)c1cccc(=O)n1C2. The van der Waals surface area contributed by atoms with E-state index in [9.17, 15) is 14.4 Å². The molecule has 0 aliphatic carbocycles. The molecule has 3 aromatic rings. The van der Waals surface area contributed by atoms with Crippen molar-refractivity contribution in [2.24, 2.45) is 5.92 Å². The van der Waals surface area contributed by atoms with Gasteiger partial charge >= 0.3 is 0 Å². The van der Waals surface area contributed by atoms with Crippen molar-refractivity contribution in [3.8, 4) is 0 Å². The van der Waals surface area contributed by atoms with Gasteiger partial charge in [-0.2, -0.15) is 0 Å². The summed E-state index contributed by atoms with van der Waals surface area (Å²) in [7, 11) is 0. The smallest absolute Gasteiger partial charge is 0.289 e. The number of para-hydroxylation sites is 1. The van der Waals surface area contributed by atoms with Gasteiger partial charge in [0.1, 0.15) is 5.58 Å². The molecule has 1 aromatic carbocycles. The Kier molecular flexibility index (Phi) is 3.53. The highest BCUT2D eigenvalue weighted by Crippen LogP contribution is 2.35. The van der Waals surface area contributed by atoms with Gasteiger partial charge in [-0.15, -0.1) is 0 Å². The minimum atomic E-state index is -0.265. The minimum absolute atomic E-state index is 0.0162. The maximum atomic E-state index is 13.0. The Morgan fingerprint density at radius 2 is 1.85 bits per heavy atom. The number of nitrogens with zero attached hydrogens (tertiary/aromatic N) is 2. The topological polar surface area (TPSA) is 72.5 Å². The standard InChI is InChI=1S/C21H18N2O4/c24-17-9-19(27-18-6-2-1-4-15(17)18)21(26)22-10-13-8-14(12-22)16-5-3-7-20(25)23(16)11-13/h1-7,9,13-14H,8,10-12H2/t13-,14+/m0/s1. The van der Waals surface area contributed by atoms with Crippen molar-refractivity contribution >= 4 is 16.9 Å². The van der Waals surface area contributed by atoms with E-state index in [1.807, 2.05) is 10.6 Å². The summed E-state index contributed by atoms with van der Waals surface area (Å²) in [6.07, 6.45) is 0.967. The molecule has 0 saturated carbocycles. The van der Waals surface area contributed by atoms with Crippen LogP contribution in [-0.2, 0) is 6.54 Å². The monoisotopic (exact) mass is 362 g/mol. The van der Waals surface area contributed by atoms with Crippen molar-refractivity contribution in [2.75, 3.05) is 13.1 Å². The summed E-state index contributed by atoms with van der Waals surface area (Å²) < 4.78 is 7.55. The molecule has 0 spiro atoms. The molecule has 1 fully saturated rings. The van der Waals surface area contributed by atoms with Crippen molar-refractivity contribution in [1.29, 1.82) is 0 Å². The van der Waals surface area contributed by atoms with E-state index in [2.05, 4.69) is 0 Å². The van der Waals surface area contributed by atoms with Crippen LogP contribution in [0, 0.1) is 5.92 Å². The summed E-state index contributed by atoms with van der Waals surface area (Å²) in [5.41, 5.74) is 1.20. The number of benzene rings is 1. The number of fused-ring (bicyclic) bond motifs is 5. The molecule has 0 radical (unpaired) electrons. The second-order valence-corrected chi connectivity index (χ2v) is 7.38. The Balaban J connectivity index is 1.49. The third kappa shape index (κ3) is 2.60. The van der Waals surface area contributed by atoms with Crippen LogP contribution in [0.25, 0.3) is 11.0 Å². The molecule has 6 heteroatoms. The maximum absolute atomic E-state index is 13.0. The fraction of sp³-hybridized carbons (Fsp3) is 0.286. The van der Waals surface area contributed by atoms with E-state index in [1.54, 1.807) is 41.3 Å². The summed E-state index contributed by atoms with van der Waals surface area (Å²) in [4.78, 5) is 39.2. The van der Waals surface area contributed by atoms with E-state index < -0.39 is 0 Å². The van der Waals surface area contributed by atoms with Gasteiger partial charge < -0.3 is 13.9 Å². The van der Waals surface area contributed by atoms with E-state index in [0.29, 0.717) is 30.6 Å². The highest BCUT2D eigenvalue weighted by atomic mass is 16.3. The molecular weight excluding hydrogens is 344 g/mol. The first kappa shape index (κ1) is 16.1. The fourth-order valence-electron chi connectivity index (χ4n) is 4.43. The number of piperidine rings is 1. The third-order valence-electron chi connectivity index (χ3n) is 5.61. The number of carbonyl (C=O) groups is 1. The molecule has 0 N–H and O–H groups in total. The third-order valence-corrected chi connectivity index (χ3v) is 5.61. The lowest BCUT2D eigenvalue weighted by molar-refractivity contribution is 0.0564. The van der Waals surface area contributed by atoms with Crippen LogP contribution in [0.3, 0.4) is 0 Å². The van der Waals surface area contributed by atoms with Gasteiger partial charge in [-0.05, 0) is 30.5 Å². The lowest BCUT2D eigenvalue weighted by atomic mass is 9.83. The number of amides is 1. The second kappa shape index (κ2) is 5.94. The number of rotatable bonds is 1. The average molecular weight is 362 g/mol. The summed E-state index contributed by atoms with van der Waals surface area (Å²) >= 11 is 0. The van der Waals surface area contributed by atoms with Gasteiger partial charge in [0.2, 0.25) is 0 Å². The van der Waals surface area contributed by atoms with Gasteiger partial charge in [0.15, 0.2) is 11.2 Å². The first-order valence-electron chi connectivity index (χ1n) is 9.12. The zero-order chi connectivity index (χ0) is 18.5. The van der Waals surface area contributed by atoms with Crippen molar-refractivity contribution in [2.45, 2.75) is 18.9 Å². The molecular formula is C21H18N2O4. The van der Waals surface area contributed by atoms with Crippen LogP contribution >= 0.6 is 0 Å². The largest absolute Gasteiger partial charge is 0.451 e. The molecule has 1 saturated heterocycles. The van der Waals surface area contributed by atoms with E-state index in [0.717, 1.165) is 12.1 Å². The quantitative estimate of drug-likeness (QED) is 0.665. The first-order chi connectivity index (χ1) is 13.1. The Bertz CT molecular complexity index is 1180. The molecule has 2 bridgehead atoms. The van der Waals surface area contributed by atoms with Crippen LogP contribution in [0.4, 0.5) is 0 Å². The van der Waals surface area contributed by atoms with Gasteiger partial charge in [-0.3, -0.25) is 14.4 Å². The number of hydrogen-bond acceptors (Lipinski definition) is 4. The zero-order valence-electron chi connectivity index (χ0n) is 14.6. The molecule has 2 atom stereocenters. The van der Waals surface area contributed by atoms with E-state index >= 15 is 0 Å². The zero-order valence-corrected chi connectivity index (χ0v) is 14.6. The molecule has 136 valence electrons. The molecule has 5 rings (SSSR count). The van der Waals surface area contributed by atoms with E-state index in [1.165, 1.54) is 6.07 Å². The number of aromatic nitrogens is 1. The molecule has 0 unspecified atom stereocenters. The van der Waals surface area contributed by atoms with Crippen LogP contribution in [-0.4, -0.2) is 28.5 Å². The Morgan fingerprint density at radius 3 is 2.74 bits per heavy atom. The van der Waals surface area contributed by atoms with E-state index in [4.69, 9.17) is 4.42 Å². The highest BCUT2D eigenvalue weighted by Gasteiger charge is 2.37. The molecule has 27 heavy (non-hydrogen) atoms. The fourth-order valence-corrected chi connectivity index (χ4v) is 4.43. The van der Waals surface area contributed by atoms with Gasteiger partial charge in [0.25, 0.3) is 11.5 Å². The summed E-state index contributed by atoms with van der Waals surface area (Å²) in [6, 6.07) is 13.5. The average Bonchev–Trinajstić information content (AvgIpc) is 2.68. The van der Waals surface area contributed by atoms with Crippen molar-refractivity contribution in [3.63, 3.8) is 0 Å². The highest BCUT2D eigenvalue weighted by molar-refractivity contribution is 5.93. The second-order valence-electron chi connectivity index (χ2n) is 7.38. The van der Waals surface area contributed by atoms with Crippen LogP contribution in [0.1, 0.15) is 28.6 Å². The Morgan fingerprint density at radius 1 is 1.00 bits per heavy atom. The predicted molar refractivity (Wildman–Crippen MR) is 99.9 cm³/mol. The van der Waals surface area contributed by atoms with Crippen molar-refractivity contribution in [1.82, 2.24) is 9.47 Å². The van der Waals surface area contributed by atoms with Crippen molar-refractivity contribution in [3.05, 3.63) is 80.6 Å². The Hall–Kier alpha value is -3.15. The summed E-state index contributed by atoms with van der Waals surface area (Å²) in [6.45, 7) is 1.71. The normalized spacial score (nSPS) is 21.1. The lowest BCUT2D eigenvalue weighted by Gasteiger charge is -2.42. The minimum Gasteiger partial charge on any atom is -0.451 e. The Labute approximate surface area is 154 Å². The summed E-state index contributed by atoms with van der Waals surface area (Å²) in [5.74, 6) is 0.165. The number of likely N-dealkylation sites (tertiary alicyclic amines) is 1. The molecule has 4 heterocycles. The van der Waals surface area contributed by atoms with Crippen LogP contribution < -0.4 is 11.0 Å². The van der Waals surface area contributed by atoms with E-state index in [-0.39, 0.29) is 34.5 Å². The lowest BCUT2D eigenvalue weighted by Crippen LogP contribution is -2.49. The molecule has 2 aliphatic heterocycles. The van der Waals surface area contributed by atoms with Crippen LogP contribution in [0.2, 0.25) is 0 Å². The van der Waals surface area contributed by atoms with Crippen LogP contribution in [0.15, 0.2) is 62.5 Å². The van der Waals surface area contributed by atoms with Gasteiger partial charge in [-0.25, -0.2) is 0 Å².